The molecule has 0 bridgehead atoms. The van der Waals surface area contributed by atoms with Gasteiger partial charge in [-0.3, -0.25) is 5.32 Å². The Bertz CT molecular complexity index is 254. The Kier molecular flexibility index (Phi) is 10.9. The summed E-state index contributed by atoms with van der Waals surface area (Å²) in [6.07, 6.45) is 1.83. The average Bonchev–Trinajstić information content (AvgIpc) is 2.08. The normalized spacial score (nSPS) is 9.33. The number of likely N-dealkylation sites (N-methyl/N-ethyl adjacent to an activating group) is 1. The molecule has 0 radical (unpaired) electrons. The van der Waals surface area contributed by atoms with Crippen molar-refractivity contribution in [3.05, 3.63) is 22.8 Å². The molecule has 1 rings (SSSR count). The van der Waals surface area contributed by atoms with Crippen molar-refractivity contribution < 1.29 is 35.0 Å². The van der Waals surface area contributed by atoms with Crippen molar-refractivity contribution in [1.82, 2.24) is 4.98 Å². The molecule has 0 aromatic carbocycles. The van der Waals surface area contributed by atoms with Crippen molar-refractivity contribution in [2.45, 2.75) is 0 Å². The molecule has 0 saturated carbocycles. The van der Waals surface area contributed by atoms with Gasteiger partial charge in [0, 0.05) is 16.7 Å². The van der Waals surface area contributed by atoms with Crippen LogP contribution in [0.25, 0.3) is 0 Å². The van der Waals surface area contributed by atoms with Crippen LogP contribution in [-0.2, 0) is 0 Å². The van der Waals surface area contributed by atoms with Gasteiger partial charge >= 0.3 is 0 Å². The number of pyridine rings is 1. The fourth-order valence-electron chi connectivity index (χ4n) is 1.02. The van der Waals surface area contributed by atoms with Gasteiger partial charge < -0.3 is 29.7 Å². The quantitative estimate of drug-likeness (QED) is 0.569. The highest BCUT2D eigenvalue weighted by atomic mass is 79.9. The summed E-state index contributed by atoms with van der Waals surface area (Å²) in [6, 6.07) is 4.04. The number of quaternary nitrogens is 2. The maximum atomic E-state index is 4.26. The minimum Gasteiger partial charge on any atom is -1.00 e. The highest BCUT2D eigenvalue weighted by molar-refractivity contribution is 9.10. The number of nitrogens with one attached hydrogen (secondary N) is 1. The van der Waals surface area contributed by atoms with Crippen LogP contribution in [0.4, 0.5) is 5.82 Å². The maximum absolute atomic E-state index is 4.26. The van der Waals surface area contributed by atoms with E-state index in [9.17, 15) is 0 Å². The molecule has 1 aromatic heterocycles. The van der Waals surface area contributed by atoms with Crippen LogP contribution in [0.3, 0.4) is 0 Å². The zero-order valence-corrected chi connectivity index (χ0v) is 11.9. The first kappa shape index (κ1) is 17.5. The third-order valence-electron chi connectivity index (χ3n) is 1.75. The Hall–Kier alpha value is 0.130. The zero-order chi connectivity index (χ0) is 9.68. The predicted octanol–water partition coefficient (Wildman–Crippen LogP) is -6.81. The molecule has 0 spiro atoms. The third-order valence-corrected chi connectivity index (χ3v) is 2.22. The van der Waals surface area contributed by atoms with Gasteiger partial charge in [0.1, 0.15) is 13.1 Å². The summed E-state index contributed by atoms with van der Waals surface area (Å²) in [5.41, 5.74) is 0. The molecule has 0 atom stereocenters. The van der Waals surface area contributed by atoms with Gasteiger partial charge in [0.05, 0.1) is 14.1 Å². The Morgan fingerprint density at radius 1 is 1.33 bits per heavy atom. The summed E-state index contributed by atoms with van der Waals surface area (Å²) in [5, 5.41) is 2.17. The molecule has 0 fully saturated rings. The maximum Gasteiger partial charge on any atom is 0.224 e. The van der Waals surface area contributed by atoms with Gasteiger partial charge in [0.2, 0.25) is 5.82 Å². The van der Waals surface area contributed by atoms with Crippen LogP contribution in [0.15, 0.2) is 22.8 Å². The van der Waals surface area contributed by atoms with Crippen molar-refractivity contribution >= 4 is 21.7 Å². The van der Waals surface area contributed by atoms with Crippen LogP contribution in [0, 0.1) is 0 Å². The van der Waals surface area contributed by atoms with Gasteiger partial charge in [0.15, 0.2) is 0 Å². The first-order valence-electron chi connectivity index (χ1n) is 4.42. The highest BCUT2D eigenvalue weighted by Crippen LogP contribution is 2.06. The molecule has 0 unspecified atom stereocenters. The van der Waals surface area contributed by atoms with E-state index in [1.807, 2.05) is 18.3 Å². The highest BCUT2D eigenvalue weighted by Gasteiger charge is 1.99. The topological polar surface area (TPSA) is 33.9 Å². The lowest BCUT2D eigenvalue weighted by Crippen LogP contribution is -3.08. The summed E-state index contributed by atoms with van der Waals surface area (Å²) in [6.45, 7) is 2.23. The molecule has 0 aliphatic carbocycles. The number of hydrogen-bond donors (Lipinski definition) is 2. The van der Waals surface area contributed by atoms with Gasteiger partial charge in [-0.25, -0.2) is 4.98 Å². The van der Waals surface area contributed by atoms with Crippen molar-refractivity contribution in [2.24, 2.45) is 0 Å². The second kappa shape index (κ2) is 9.36. The lowest BCUT2D eigenvalue weighted by atomic mass is 10.4. The summed E-state index contributed by atoms with van der Waals surface area (Å²) < 4.78 is 1.03. The van der Waals surface area contributed by atoms with E-state index >= 15 is 0 Å². The molecule has 6 heteroatoms. The fourth-order valence-corrected chi connectivity index (χ4v) is 1.25. The van der Waals surface area contributed by atoms with E-state index in [1.54, 1.807) is 0 Å². The van der Waals surface area contributed by atoms with E-state index in [1.165, 1.54) is 4.90 Å². The molecule has 1 aromatic rings. The molecular weight excluding hydrogens is 301 g/mol. The molecule has 88 valence electrons. The Labute approximate surface area is 112 Å². The first-order valence-corrected chi connectivity index (χ1v) is 5.21. The number of rotatable bonds is 4. The smallest absolute Gasteiger partial charge is 0.224 e. The minimum atomic E-state index is 0. The van der Waals surface area contributed by atoms with Crippen LogP contribution < -0.4 is 35.0 Å². The number of nitrogens with two attached hydrogens (primary N) is 1. The number of halogens is 3. The van der Waals surface area contributed by atoms with Gasteiger partial charge in [-0.1, -0.05) is 0 Å². The van der Waals surface area contributed by atoms with Crippen LogP contribution in [-0.4, -0.2) is 32.2 Å². The van der Waals surface area contributed by atoms with E-state index in [0.717, 1.165) is 23.4 Å². The Morgan fingerprint density at radius 2 is 2.00 bits per heavy atom. The molecule has 0 saturated heterocycles. The molecule has 0 amide bonds. The second-order valence-corrected chi connectivity index (χ2v) is 4.27. The Morgan fingerprint density at radius 3 is 2.47 bits per heavy atom. The molecular formula is C9H16BrCl2N3. The largest absolute Gasteiger partial charge is 1.00 e. The van der Waals surface area contributed by atoms with E-state index in [-0.39, 0.29) is 24.8 Å². The fraction of sp³-hybridized carbons (Fsp3) is 0.444. The standard InChI is InChI=1S/C9H14BrN3.2ClH/c1-13(2)6-5-11-9-4-3-8(10)7-12-9;;/h3-4,7H,5-6H2,1-2H3,(H,11,12);2*1H. The zero-order valence-electron chi connectivity index (χ0n) is 8.80. The van der Waals surface area contributed by atoms with Crippen molar-refractivity contribution in [2.75, 3.05) is 27.2 Å². The van der Waals surface area contributed by atoms with E-state index in [4.69, 9.17) is 0 Å². The SMILES string of the molecule is C[NH+](C)CC[NH2+]c1ccc(Br)cn1.[Cl-].[Cl-]. The summed E-state index contributed by atoms with van der Waals surface area (Å²) in [5.74, 6) is 1.06. The minimum absolute atomic E-state index is 0. The van der Waals surface area contributed by atoms with Gasteiger partial charge in [-0.15, -0.1) is 0 Å². The number of hydrogen-bond acceptors (Lipinski definition) is 1. The first-order chi connectivity index (χ1) is 6.18. The third kappa shape index (κ3) is 7.99. The van der Waals surface area contributed by atoms with Crippen LogP contribution in [0.2, 0.25) is 0 Å². The lowest BCUT2D eigenvalue weighted by Gasteiger charge is -2.04. The molecule has 1 heterocycles. The molecule has 3 N–H and O–H groups in total. The van der Waals surface area contributed by atoms with Gasteiger partial charge in [-0.05, 0) is 22.0 Å². The number of nitrogens with zero attached hydrogens (tertiary/aromatic N) is 1. The molecule has 3 nitrogen and oxygen atoms in total. The van der Waals surface area contributed by atoms with Crippen molar-refractivity contribution in [1.29, 1.82) is 0 Å². The Balaban J connectivity index is 0. The molecule has 15 heavy (non-hydrogen) atoms. The number of aromatic nitrogens is 1. The van der Waals surface area contributed by atoms with Gasteiger partial charge in [0.25, 0.3) is 0 Å². The van der Waals surface area contributed by atoms with E-state index in [0.29, 0.717) is 0 Å². The van der Waals surface area contributed by atoms with Crippen molar-refractivity contribution in [3.63, 3.8) is 0 Å². The second-order valence-electron chi connectivity index (χ2n) is 3.35. The van der Waals surface area contributed by atoms with Crippen molar-refractivity contribution in [3.8, 4) is 0 Å². The van der Waals surface area contributed by atoms with Crippen LogP contribution in [0.5, 0.6) is 0 Å². The lowest BCUT2D eigenvalue weighted by molar-refractivity contribution is -0.870. The molecule has 0 aliphatic heterocycles. The predicted molar refractivity (Wildman–Crippen MR) is 56.1 cm³/mol. The van der Waals surface area contributed by atoms with Crippen LogP contribution in [0.1, 0.15) is 0 Å². The molecule has 0 aliphatic rings. The monoisotopic (exact) mass is 315 g/mol. The summed E-state index contributed by atoms with van der Waals surface area (Å²) >= 11 is 3.36. The summed E-state index contributed by atoms with van der Waals surface area (Å²) in [7, 11) is 4.31. The average molecular weight is 317 g/mol. The van der Waals surface area contributed by atoms with Gasteiger partial charge in [-0.2, -0.15) is 0 Å². The van der Waals surface area contributed by atoms with E-state index in [2.05, 4.69) is 40.3 Å². The van der Waals surface area contributed by atoms with E-state index < -0.39 is 0 Å². The van der Waals surface area contributed by atoms with Crippen LogP contribution >= 0.6 is 15.9 Å². The summed E-state index contributed by atoms with van der Waals surface area (Å²) in [4.78, 5) is 5.73.